The first-order chi connectivity index (χ1) is 12.6. The molecule has 146 valence electrons. The molecule has 2 aromatic rings. The van der Waals surface area contributed by atoms with Gasteiger partial charge in [-0.1, -0.05) is 47.5 Å². The second-order valence-electron chi connectivity index (χ2n) is 6.79. The molecule has 1 amide bonds. The highest BCUT2D eigenvalue weighted by Crippen LogP contribution is 2.26. The third kappa shape index (κ3) is 5.45. The second-order valence-corrected chi connectivity index (χ2v) is 9.00. The number of amides is 1. The van der Waals surface area contributed by atoms with E-state index in [2.05, 4.69) is 0 Å². The first-order valence-corrected chi connectivity index (χ1v) is 10.5. The molecule has 0 fully saturated rings. The van der Waals surface area contributed by atoms with Crippen LogP contribution in [0.2, 0.25) is 5.02 Å². The minimum atomic E-state index is -4.20. The molecule has 27 heavy (non-hydrogen) atoms. The number of rotatable bonds is 7. The van der Waals surface area contributed by atoms with Crippen molar-refractivity contribution in [2.45, 2.75) is 32.2 Å². The standard InChI is InChI=1S/C19H21Cl2NO4S/c1-14-8-10-16(11-9-14)27(24,25)26-22(18(23)19(2,3)13-20)12-15-6-4-5-7-17(15)21/h4-11H,12-13H2,1-3H3. The summed E-state index contributed by atoms with van der Waals surface area (Å²) in [6.07, 6.45) is 0. The number of hydroxylamine groups is 2. The van der Waals surface area contributed by atoms with Crippen molar-refractivity contribution in [2.24, 2.45) is 5.41 Å². The van der Waals surface area contributed by atoms with Gasteiger partial charge in [-0.3, -0.25) is 4.79 Å². The third-order valence-corrected chi connectivity index (χ3v) is 6.17. The van der Waals surface area contributed by atoms with Gasteiger partial charge in [0.05, 0.1) is 16.9 Å². The van der Waals surface area contributed by atoms with Crippen molar-refractivity contribution in [3.8, 4) is 0 Å². The van der Waals surface area contributed by atoms with Crippen LogP contribution in [-0.4, -0.2) is 25.3 Å². The zero-order chi connectivity index (χ0) is 20.2. The maximum atomic E-state index is 12.9. The van der Waals surface area contributed by atoms with E-state index in [1.165, 1.54) is 12.1 Å². The van der Waals surface area contributed by atoms with Gasteiger partial charge in [0.1, 0.15) is 0 Å². The maximum Gasteiger partial charge on any atom is 0.317 e. The van der Waals surface area contributed by atoms with Crippen molar-refractivity contribution >= 4 is 39.2 Å². The van der Waals surface area contributed by atoms with Crippen LogP contribution in [-0.2, 0) is 25.7 Å². The lowest BCUT2D eigenvalue weighted by Gasteiger charge is -2.29. The van der Waals surface area contributed by atoms with Crippen LogP contribution < -0.4 is 0 Å². The highest BCUT2D eigenvalue weighted by molar-refractivity contribution is 7.86. The first kappa shape index (κ1) is 21.7. The quantitative estimate of drug-likeness (QED) is 0.477. The summed E-state index contributed by atoms with van der Waals surface area (Å²) in [5.41, 5.74) is 0.434. The highest BCUT2D eigenvalue weighted by atomic mass is 35.5. The molecule has 2 rings (SSSR count). The van der Waals surface area contributed by atoms with Gasteiger partial charge >= 0.3 is 10.1 Å². The van der Waals surface area contributed by atoms with E-state index in [0.717, 1.165) is 10.6 Å². The number of benzene rings is 2. The van der Waals surface area contributed by atoms with E-state index >= 15 is 0 Å². The van der Waals surface area contributed by atoms with Crippen LogP contribution in [0, 0.1) is 12.3 Å². The summed E-state index contributed by atoms with van der Waals surface area (Å²) in [4.78, 5) is 12.8. The minimum Gasteiger partial charge on any atom is -0.272 e. The monoisotopic (exact) mass is 429 g/mol. The van der Waals surface area contributed by atoms with Gasteiger partial charge in [-0.2, -0.15) is 13.5 Å². The molecule has 0 saturated carbocycles. The Kier molecular flexibility index (Phi) is 6.92. The molecule has 5 nitrogen and oxygen atoms in total. The summed E-state index contributed by atoms with van der Waals surface area (Å²) in [6, 6.07) is 13.0. The fraction of sp³-hybridized carbons (Fsp3) is 0.316. The number of carbonyl (C=O) groups is 1. The summed E-state index contributed by atoms with van der Waals surface area (Å²) in [7, 11) is -4.20. The van der Waals surface area contributed by atoms with E-state index in [1.54, 1.807) is 50.2 Å². The molecular weight excluding hydrogens is 409 g/mol. The lowest BCUT2D eigenvalue weighted by Crippen LogP contribution is -2.42. The smallest absolute Gasteiger partial charge is 0.272 e. The van der Waals surface area contributed by atoms with Gasteiger partial charge in [0.2, 0.25) is 0 Å². The van der Waals surface area contributed by atoms with Crippen LogP contribution in [0.15, 0.2) is 53.4 Å². The molecule has 0 saturated heterocycles. The van der Waals surface area contributed by atoms with Crippen LogP contribution in [0.25, 0.3) is 0 Å². The summed E-state index contributed by atoms with van der Waals surface area (Å²) < 4.78 is 30.5. The average molecular weight is 430 g/mol. The molecule has 0 spiro atoms. The van der Waals surface area contributed by atoms with Crippen LogP contribution >= 0.6 is 23.2 Å². The molecule has 0 N–H and O–H groups in total. The molecule has 2 aromatic carbocycles. The van der Waals surface area contributed by atoms with Gasteiger partial charge in [0, 0.05) is 10.9 Å². The molecule has 0 aromatic heterocycles. The second kappa shape index (κ2) is 8.61. The Morgan fingerprint density at radius 2 is 1.70 bits per heavy atom. The van der Waals surface area contributed by atoms with Gasteiger partial charge in [0.25, 0.3) is 5.91 Å². The lowest BCUT2D eigenvalue weighted by atomic mass is 9.95. The Balaban J connectivity index is 2.38. The van der Waals surface area contributed by atoms with Crippen LogP contribution in [0.5, 0.6) is 0 Å². The van der Waals surface area contributed by atoms with Crippen LogP contribution in [0.1, 0.15) is 25.0 Å². The fourth-order valence-corrected chi connectivity index (χ4v) is 3.40. The topological polar surface area (TPSA) is 63.7 Å². The molecular formula is C19H21Cl2NO4S. The van der Waals surface area contributed by atoms with Crippen molar-refractivity contribution in [1.29, 1.82) is 0 Å². The number of aryl methyl sites for hydroxylation is 1. The molecule has 0 heterocycles. The van der Waals surface area contributed by atoms with Crippen molar-refractivity contribution in [1.82, 2.24) is 5.06 Å². The number of hydrogen-bond acceptors (Lipinski definition) is 4. The first-order valence-electron chi connectivity index (χ1n) is 8.19. The van der Waals surface area contributed by atoms with Crippen molar-refractivity contribution in [2.75, 3.05) is 5.88 Å². The van der Waals surface area contributed by atoms with Crippen LogP contribution in [0.4, 0.5) is 0 Å². The Hall–Kier alpha value is -1.60. The minimum absolute atomic E-state index is 0.00120. The Morgan fingerprint density at radius 3 is 2.26 bits per heavy atom. The fourth-order valence-electron chi connectivity index (χ4n) is 2.17. The van der Waals surface area contributed by atoms with Crippen molar-refractivity contribution < 1.29 is 17.5 Å². The number of hydrogen-bond donors (Lipinski definition) is 0. The third-order valence-electron chi connectivity index (χ3n) is 3.91. The molecule has 0 bridgehead atoms. The number of nitrogens with zero attached hydrogens (tertiary/aromatic N) is 1. The summed E-state index contributed by atoms with van der Waals surface area (Å²) >= 11 is 12.1. The molecule has 0 aliphatic carbocycles. The summed E-state index contributed by atoms with van der Waals surface area (Å²) in [5.74, 6) is -0.563. The molecule has 0 unspecified atom stereocenters. The zero-order valence-corrected chi connectivity index (χ0v) is 17.6. The molecule has 8 heteroatoms. The number of carbonyl (C=O) groups excluding carboxylic acids is 1. The van der Waals surface area contributed by atoms with E-state index in [-0.39, 0.29) is 17.3 Å². The molecule has 0 atom stereocenters. The highest BCUT2D eigenvalue weighted by Gasteiger charge is 2.35. The average Bonchev–Trinajstić information content (AvgIpc) is 2.62. The largest absolute Gasteiger partial charge is 0.317 e. The van der Waals surface area contributed by atoms with E-state index in [0.29, 0.717) is 10.6 Å². The van der Waals surface area contributed by atoms with Gasteiger partial charge in [-0.25, -0.2) is 0 Å². The zero-order valence-electron chi connectivity index (χ0n) is 15.3. The molecule has 0 radical (unpaired) electrons. The molecule has 0 aliphatic heterocycles. The van der Waals surface area contributed by atoms with Crippen LogP contribution in [0.3, 0.4) is 0 Å². The number of halogens is 2. The van der Waals surface area contributed by atoms with Gasteiger partial charge in [0.15, 0.2) is 0 Å². The van der Waals surface area contributed by atoms with E-state index in [1.807, 2.05) is 6.92 Å². The van der Waals surface area contributed by atoms with E-state index < -0.39 is 21.4 Å². The predicted molar refractivity (Wildman–Crippen MR) is 106 cm³/mol. The Labute approximate surface area is 169 Å². The van der Waals surface area contributed by atoms with Gasteiger partial charge in [-0.05, 0) is 44.5 Å². The van der Waals surface area contributed by atoms with Crippen molar-refractivity contribution in [3.05, 3.63) is 64.7 Å². The van der Waals surface area contributed by atoms with Gasteiger partial charge in [-0.15, -0.1) is 15.9 Å². The van der Waals surface area contributed by atoms with Crippen molar-refractivity contribution in [3.63, 3.8) is 0 Å². The predicted octanol–water partition coefficient (Wildman–Crippen LogP) is 4.56. The van der Waals surface area contributed by atoms with Gasteiger partial charge < -0.3 is 0 Å². The SMILES string of the molecule is Cc1ccc(S(=O)(=O)ON(Cc2ccccc2Cl)C(=O)C(C)(C)CCl)cc1. The Morgan fingerprint density at radius 1 is 1.11 bits per heavy atom. The Bertz CT molecular complexity index is 912. The summed E-state index contributed by atoms with van der Waals surface area (Å²) in [6.45, 7) is 4.94. The molecule has 0 aliphatic rings. The normalized spacial score (nSPS) is 12.0. The maximum absolute atomic E-state index is 12.9. The van der Waals surface area contributed by atoms with E-state index in [4.69, 9.17) is 27.5 Å². The summed E-state index contributed by atoms with van der Waals surface area (Å²) in [5, 5.41) is 1.20. The van der Waals surface area contributed by atoms with E-state index in [9.17, 15) is 13.2 Å². The lowest BCUT2D eigenvalue weighted by molar-refractivity contribution is -0.167. The number of alkyl halides is 1.